The largest absolute Gasteiger partial charge is 0.349 e. The van der Waals surface area contributed by atoms with Crippen molar-refractivity contribution < 1.29 is 4.79 Å². The third-order valence-corrected chi connectivity index (χ3v) is 6.10. The van der Waals surface area contributed by atoms with E-state index in [-0.39, 0.29) is 17.9 Å². The minimum absolute atomic E-state index is 0.00986. The van der Waals surface area contributed by atoms with Gasteiger partial charge in [-0.05, 0) is 43.9 Å². The van der Waals surface area contributed by atoms with Crippen LogP contribution in [-0.2, 0) is 11.3 Å². The van der Waals surface area contributed by atoms with Crippen molar-refractivity contribution in [3.05, 3.63) is 60.2 Å². The summed E-state index contributed by atoms with van der Waals surface area (Å²) in [5.74, 6) is 1.15. The zero-order valence-electron chi connectivity index (χ0n) is 18.1. The van der Waals surface area contributed by atoms with Crippen molar-refractivity contribution in [2.45, 2.75) is 52.1 Å². The molecule has 2 atom stereocenters. The van der Waals surface area contributed by atoms with E-state index in [4.69, 9.17) is 4.98 Å². The van der Waals surface area contributed by atoms with E-state index in [1.165, 1.54) is 5.52 Å². The third kappa shape index (κ3) is 4.35. The molecule has 5 nitrogen and oxygen atoms in total. The summed E-state index contributed by atoms with van der Waals surface area (Å²) in [5, 5.41) is 3.22. The molecule has 5 heteroatoms. The summed E-state index contributed by atoms with van der Waals surface area (Å²) in [6.45, 7) is 6.91. The number of aryl methyl sites for hydroxylation is 1. The number of hydrogen-bond donors (Lipinski definition) is 1. The molecule has 0 aliphatic carbocycles. The number of piperidine rings is 1. The first kappa shape index (κ1) is 20.5. The minimum Gasteiger partial charge on any atom is -0.349 e. The third-order valence-electron chi connectivity index (χ3n) is 6.10. The lowest BCUT2D eigenvalue weighted by atomic mass is 9.96. The van der Waals surface area contributed by atoms with Crippen molar-refractivity contribution in [3.63, 3.8) is 0 Å². The number of anilines is 1. The molecule has 2 heterocycles. The van der Waals surface area contributed by atoms with Gasteiger partial charge in [0.2, 0.25) is 11.9 Å². The van der Waals surface area contributed by atoms with E-state index in [0.717, 1.165) is 62.3 Å². The SMILES string of the molecule is CCCCn1c(N2CCC[C@@H](C(=O)N[C@@H](C)c3ccccc3)C2)nc2ccccc21. The smallest absolute Gasteiger partial charge is 0.225 e. The highest BCUT2D eigenvalue weighted by Crippen LogP contribution is 2.28. The first-order valence-corrected chi connectivity index (χ1v) is 11.2. The van der Waals surface area contributed by atoms with E-state index in [2.05, 4.69) is 59.0 Å². The van der Waals surface area contributed by atoms with Crippen LogP contribution in [0.15, 0.2) is 54.6 Å². The van der Waals surface area contributed by atoms with E-state index in [1.54, 1.807) is 0 Å². The molecule has 158 valence electrons. The molecule has 0 bridgehead atoms. The molecule has 1 aliphatic heterocycles. The maximum atomic E-state index is 13.0. The van der Waals surface area contributed by atoms with Crippen LogP contribution in [0.25, 0.3) is 11.0 Å². The fourth-order valence-electron chi connectivity index (χ4n) is 4.37. The number of para-hydroxylation sites is 2. The van der Waals surface area contributed by atoms with Crippen LogP contribution in [0, 0.1) is 5.92 Å². The zero-order chi connectivity index (χ0) is 20.9. The Morgan fingerprint density at radius 2 is 1.93 bits per heavy atom. The number of carbonyl (C=O) groups excluding carboxylic acids is 1. The van der Waals surface area contributed by atoms with Gasteiger partial charge < -0.3 is 14.8 Å². The van der Waals surface area contributed by atoms with Gasteiger partial charge in [-0.1, -0.05) is 55.8 Å². The summed E-state index contributed by atoms with van der Waals surface area (Å²) in [6.07, 6.45) is 4.21. The average Bonchev–Trinajstić information content (AvgIpc) is 3.17. The quantitative estimate of drug-likeness (QED) is 0.607. The van der Waals surface area contributed by atoms with Gasteiger partial charge in [-0.25, -0.2) is 4.98 Å². The molecule has 1 N–H and O–H groups in total. The van der Waals surface area contributed by atoms with Gasteiger partial charge in [-0.3, -0.25) is 4.79 Å². The van der Waals surface area contributed by atoms with Crippen LogP contribution < -0.4 is 10.2 Å². The standard InChI is InChI=1S/C25H32N4O/c1-3-4-17-29-23-15-9-8-14-22(23)27-25(29)28-16-10-13-21(18-28)24(30)26-19(2)20-11-6-5-7-12-20/h5-9,11-12,14-15,19,21H,3-4,10,13,16-18H2,1-2H3,(H,26,30)/t19-,21+/m0/s1. The van der Waals surface area contributed by atoms with Crippen LogP contribution in [-0.4, -0.2) is 28.5 Å². The van der Waals surface area contributed by atoms with Crippen molar-refractivity contribution in [2.75, 3.05) is 18.0 Å². The van der Waals surface area contributed by atoms with E-state index in [0.29, 0.717) is 0 Å². The van der Waals surface area contributed by atoms with E-state index >= 15 is 0 Å². The molecule has 2 aromatic carbocycles. The number of benzene rings is 2. The molecule has 0 saturated carbocycles. The molecule has 3 aromatic rings. The summed E-state index contributed by atoms with van der Waals surface area (Å²) in [7, 11) is 0. The van der Waals surface area contributed by atoms with Crippen molar-refractivity contribution in [3.8, 4) is 0 Å². The van der Waals surface area contributed by atoms with Crippen molar-refractivity contribution in [1.29, 1.82) is 0 Å². The number of nitrogens with one attached hydrogen (secondary N) is 1. The molecule has 1 saturated heterocycles. The topological polar surface area (TPSA) is 50.2 Å². The second kappa shape index (κ2) is 9.33. The second-order valence-corrected chi connectivity index (χ2v) is 8.33. The number of carbonyl (C=O) groups is 1. The summed E-state index contributed by atoms with van der Waals surface area (Å²) in [6, 6.07) is 18.5. The highest BCUT2D eigenvalue weighted by atomic mass is 16.2. The van der Waals surface area contributed by atoms with Crippen LogP contribution in [0.1, 0.15) is 51.1 Å². The second-order valence-electron chi connectivity index (χ2n) is 8.33. The van der Waals surface area contributed by atoms with Gasteiger partial charge in [-0.2, -0.15) is 0 Å². The van der Waals surface area contributed by atoms with Crippen LogP contribution >= 0.6 is 0 Å². The summed E-state index contributed by atoms with van der Waals surface area (Å²) >= 11 is 0. The number of hydrogen-bond acceptors (Lipinski definition) is 3. The molecule has 1 fully saturated rings. The summed E-state index contributed by atoms with van der Waals surface area (Å²) in [4.78, 5) is 20.3. The molecule has 0 unspecified atom stereocenters. The number of nitrogens with zero attached hydrogens (tertiary/aromatic N) is 3. The number of amides is 1. The lowest BCUT2D eigenvalue weighted by molar-refractivity contribution is -0.125. The molecular formula is C25H32N4O. The Kier molecular flexibility index (Phi) is 6.36. The molecule has 1 aromatic heterocycles. The first-order chi connectivity index (χ1) is 14.7. The number of fused-ring (bicyclic) bond motifs is 1. The Morgan fingerprint density at radius 3 is 2.73 bits per heavy atom. The Hall–Kier alpha value is -2.82. The maximum absolute atomic E-state index is 13.0. The van der Waals surface area contributed by atoms with Crippen LogP contribution in [0.2, 0.25) is 0 Å². The zero-order valence-corrected chi connectivity index (χ0v) is 18.1. The van der Waals surface area contributed by atoms with Crippen molar-refractivity contribution >= 4 is 22.9 Å². The van der Waals surface area contributed by atoms with Gasteiger partial charge in [0, 0.05) is 19.6 Å². The first-order valence-electron chi connectivity index (χ1n) is 11.2. The fraction of sp³-hybridized carbons (Fsp3) is 0.440. The lowest BCUT2D eigenvalue weighted by Gasteiger charge is -2.33. The highest BCUT2D eigenvalue weighted by Gasteiger charge is 2.29. The molecule has 30 heavy (non-hydrogen) atoms. The van der Waals surface area contributed by atoms with Gasteiger partial charge in [0.15, 0.2) is 0 Å². The van der Waals surface area contributed by atoms with Gasteiger partial charge >= 0.3 is 0 Å². The Balaban J connectivity index is 1.50. The van der Waals surface area contributed by atoms with Gasteiger partial charge in [0.1, 0.15) is 0 Å². The molecule has 1 aliphatic rings. The Labute approximate surface area is 179 Å². The minimum atomic E-state index is -0.00986. The predicted molar refractivity (Wildman–Crippen MR) is 123 cm³/mol. The fourth-order valence-corrected chi connectivity index (χ4v) is 4.37. The van der Waals surface area contributed by atoms with Crippen LogP contribution in [0.5, 0.6) is 0 Å². The average molecular weight is 405 g/mol. The number of aromatic nitrogens is 2. The number of imidazole rings is 1. The Morgan fingerprint density at radius 1 is 1.17 bits per heavy atom. The highest BCUT2D eigenvalue weighted by molar-refractivity contribution is 5.81. The molecule has 0 radical (unpaired) electrons. The normalized spacial score (nSPS) is 17.8. The molecular weight excluding hydrogens is 372 g/mol. The Bertz CT molecular complexity index is 981. The van der Waals surface area contributed by atoms with Crippen molar-refractivity contribution in [2.24, 2.45) is 5.92 Å². The molecule has 1 amide bonds. The molecule has 0 spiro atoms. The number of rotatable bonds is 7. The van der Waals surface area contributed by atoms with Gasteiger partial charge in [0.05, 0.1) is 23.0 Å². The van der Waals surface area contributed by atoms with Crippen molar-refractivity contribution in [1.82, 2.24) is 14.9 Å². The van der Waals surface area contributed by atoms with Gasteiger partial charge in [-0.15, -0.1) is 0 Å². The van der Waals surface area contributed by atoms with Gasteiger partial charge in [0.25, 0.3) is 0 Å². The summed E-state index contributed by atoms with van der Waals surface area (Å²) in [5.41, 5.74) is 3.36. The molecule has 4 rings (SSSR count). The van der Waals surface area contributed by atoms with Crippen LogP contribution in [0.3, 0.4) is 0 Å². The number of unbranched alkanes of at least 4 members (excludes halogenated alkanes) is 1. The van der Waals surface area contributed by atoms with Crippen LogP contribution in [0.4, 0.5) is 5.95 Å². The predicted octanol–water partition coefficient (Wildman–Crippen LogP) is 4.93. The van der Waals surface area contributed by atoms with E-state index in [1.807, 2.05) is 24.3 Å². The monoisotopic (exact) mass is 404 g/mol. The summed E-state index contributed by atoms with van der Waals surface area (Å²) < 4.78 is 2.34. The maximum Gasteiger partial charge on any atom is 0.225 e. The lowest BCUT2D eigenvalue weighted by Crippen LogP contribution is -2.44. The van der Waals surface area contributed by atoms with E-state index < -0.39 is 0 Å². The van der Waals surface area contributed by atoms with E-state index in [9.17, 15) is 4.79 Å².